The second kappa shape index (κ2) is 6.06. The predicted octanol–water partition coefficient (Wildman–Crippen LogP) is 3.01. The Balaban J connectivity index is 2.52. The molecule has 0 saturated heterocycles. The number of nitrogens with one attached hydrogen (secondary N) is 1. The summed E-state index contributed by atoms with van der Waals surface area (Å²) in [6.45, 7) is 11.7. The van der Waals surface area contributed by atoms with E-state index in [0.29, 0.717) is 12.6 Å². The molecule has 0 atom stereocenters. The van der Waals surface area contributed by atoms with Crippen LogP contribution in [0, 0.1) is 6.92 Å². The second-order valence-electron chi connectivity index (χ2n) is 4.69. The van der Waals surface area contributed by atoms with Crippen LogP contribution in [-0.2, 0) is 17.9 Å². The Labute approximate surface area is 98.2 Å². The lowest BCUT2D eigenvalue weighted by atomic mass is 10.2. The van der Waals surface area contributed by atoms with E-state index in [0.717, 1.165) is 23.6 Å². The fraction of sp³-hybridized carbons (Fsp3) is 0.692. The van der Waals surface area contributed by atoms with E-state index in [-0.39, 0.29) is 6.10 Å². The van der Waals surface area contributed by atoms with E-state index in [9.17, 15) is 0 Å². The molecule has 0 aliphatic rings. The van der Waals surface area contributed by atoms with Crippen LogP contribution in [0.25, 0.3) is 0 Å². The molecule has 3 nitrogen and oxygen atoms in total. The van der Waals surface area contributed by atoms with E-state index < -0.39 is 0 Å². The molecule has 16 heavy (non-hydrogen) atoms. The molecule has 92 valence electrons. The van der Waals surface area contributed by atoms with Gasteiger partial charge in [-0.3, -0.25) is 0 Å². The van der Waals surface area contributed by atoms with Crippen LogP contribution in [-0.4, -0.2) is 12.1 Å². The largest absolute Gasteiger partial charge is 0.465 e. The number of ether oxygens (including phenoxy) is 1. The van der Waals surface area contributed by atoms with Crippen molar-refractivity contribution in [2.75, 3.05) is 0 Å². The molecule has 1 N–H and O–H groups in total. The highest BCUT2D eigenvalue weighted by Gasteiger charge is 2.08. The van der Waals surface area contributed by atoms with Gasteiger partial charge in [-0.1, -0.05) is 13.8 Å². The van der Waals surface area contributed by atoms with Gasteiger partial charge in [-0.15, -0.1) is 0 Å². The topological polar surface area (TPSA) is 34.4 Å². The van der Waals surface area contributed by atoms with Crippen molar-refractivity contribution in [3.8, 4) is 0 Å². The Hall–Kier alpha value is -0.800. The van der Waals surface area contributed by atoms with Crippen molar-refractivity contribution in [3.05, 3.63) is 23.2 Å². The Morgan fingerprint density at radius 2 is 2.00 bits per heavy atom. The molecule has 0 radical (unpaired) electrons. The third-order valence-electron chi connectivity index (χ3n) is 2.33. The molecule has 0 aliphatic heterocycles. The van der Waals surface area contributed by atoms with E-state index in [1.165, 1.54) is 0 Å². The van der Waals surface area contributed by atoms with Gasteiger partial charge in [-0.25, -0.2) is 0 Å². The van der Waals surface area contributed by atoms with Crippen molar-refractivity contribution >= 4 is 0 Å². The normalized spacial score (nSPS) is 11.7. The van der Waals surface area contributed by atoms with Crippen LogP contribution in [0.15, 0.2) is 10.5 Å². The van der Waals surface area contributed by atoms with Crippen LogP contribution >= 0.6 is 0 Å². The summed E-state index contributed by atoms with van der Waals surface area (Å²) in [7, 11) is 0. The van der Waals surface area contributed by atoms with Gasteiger partial charge >= 0.3 is 0 Å². The van der Waals surface area contributed by atoms with Gasteiger partial charge in [-0.2, -0.15) is 0 Å². The summed E-state index contributed by atoms with van der Waals surface area (Å²) < 4.78 is 11.2. The molecule has 0 unspecified atom stereocenters. The zero-order valence-corrected chi connectivity index (χ0v) is 11.0. The third-order valence-corrected chi connectivity index (χ3v) is 2.33. The van der Waals surface area contributed by atoms with Gasteiger partial charge in [-0.05, 0) is 26.8 Å². The first-order chi connectivity index (χ1) is 7.49. The number of aryl methyl sites for hydroxylation is 1. The van der Waals surface area contributed by atoms with Gasteiger partial charge in [0.25, 0.3) is 0 Å². The first-order valence-electron chi connectivity index (χ1n) is 5.92. The summed E-state index contributed by atoms with van der Waals surface area (Å²) in [5.41, 5.74) is 1.15. The Bertz CT molecular complexity index is 316. The maximum atomic E-state index is 5.65. The van der Waals surface area contributed by atoms with Crippen molar-refractivity contribution in [2.24, 2.45) is 0 Å². The molecule has 1 aromatic heterocycles. The smallest absolute Gasteiger partial charge is 0.118 e. The molecule has 0 aromatic carbocycles. The van der Waals surface area contributed by atoms with E-state index in [1.807, 2.05) is 20.8 Å². The Morgan fingerprint density at radius 3 is 2.56 bits per heavy atom. The van der Waals surface area contributed by atoms with E-state index in [4.69, 9.17) is 9.15 Å². The lowest BCUT2D eigenvalue weighted by molar-refractivity contribution is 0.0650. The van der Waals surface area contributed by atoms with Crippen LogP contribution in [0.3, 0.4) is 0 Å². The fourth-order valence-corrected chi connectivity index (χ4v) is 1.38. The van der Waals surface area contributed by atoms with Crippen LogP contribution in [0.5, 0.6) is 0 Å². The molecule has 0 bridgehead atoms. The lowest BCUT2D eigenvalue weighted by Gasteiger charge is -2.05. The maximum Gasteiger partial charge on any atom is 0.118 e. The lowest BCUT2D eigenvalue weighted by Crippen LogP contribution is -2.21. The summed E-state index contributed by atoms with van der Waals surface area (Å²) in [6, 6.07) is 2.55. The molecule has 0 fully saturated rings. The van der Waals surface area contributed by atoms with Gasteiger partial charge in [0.05, 0.1) is 19.3 Å². The summed E-state index contributed by atoms with van der Waals surface area (Å²) in [4.78, 5) is 0. The molecule has 0 saturated carbocycles. The number of hydrogen-bond donors (Lipinski definition) is 1. The summed E-state index contributed by atoms with van der Waals surface area (Å²) in [5, 5.41) is 3.33. The molecule has 0 aliphatic carbocycles. The zero-order chi connectivity index (χ0) is 12.1. The van der Waals surface area contributed by atoms with Crippen LogP contribution in [0.1, 0.15) is 44.8 Å². The van der Waals surface area contributed by atoms with Gasteiger partial charge in [0.1, 0.15) is 11.5 Å². The third kappa shape index (κ3) is 4.37. The second-order valence-corrected chi connectivity index (χ2v) is 4.69. The average Bonchev–Trinajstić information content (AvgIpc) is 2.53. The minimum absolute atomic E-state index is 0.256. The van der Waals surface area contributed by atoms with Crippen molar-refractivity contribution in [1.82, 2.24) is 5.32 Å². The quantitative estimate of drug-likeness (QED) is 0.808. The molecule has 0 spiro atoms. The SMILES string of the molecule is Cc1oc(CNC(C)C)cc1COC(C)C. The van der Waals surface area contributed by atoms with E-state index >= 15 is 0 Å². The Kier molecular flexibility index (Phi) is 5.03. The molecule has 1 heterocycles. The van der Waals surface area contributed by atoms with E-state index in [2.05, 4.69) is 25.2 Å². The monoisotopic (exact) mass is 225 g/mol. The molecular formula is C13H23NO2. The van der Waals surface area contributed by atoms with Gasteiger partial charge in [0.15, 0.2) is 0 Å². The first-order valence-corrected chi connectivity index (χ1v) is 5.92. The molecule has 1 aromatic rings. The average molecular weight is 225 g/mol. The minimum Gasteiger partial charge on any atom is -0.465 e. The maximum absolute atomic E-state index is 5.65. The summed E-state index contributed by atoms with van der Waals surface area (Å²) in [6.07, 6.45) is 0.256. The summed E-state index contributed by atoms with van der Waals surface area (Å²) >= 11 is 0. The van der Waals surface area contributed by atoms with Crippen molar-refractivity contribution in [1.29, 1.82) is 0 Å². The van der Waals surface area contributed by atoms with Crippen LogP contribution in [0.2, 0.25) is 0 Å². The van der Waals surface area contributed by atoms with Crippen LogP contribution in [0.4, 0.5) is 0 Å². The molecule has 3 heteroatoms. The van der Waals surface area contributed by atoms with Gasteiger partial charge < -0.3 is 14.5 Å². The first kappa shape index (κ1) is 13.3. The van der Waals surface area contributed by atoms with Crippen molar-refractivity contribution in [2.45, 2.75) is 59.9 Å². The summed E-state index contributed by atoms with van der Waals surface area (Å²) in [5.74, 6) is 1.94. The van der Waals surface area contributed by atoms with Gasteiger partial charge in [0, 0.05) is 11.6 Å². The minimum atomic E-state index is 0.256. The molecule has 1 rings (SSSR count). The standard InChI is InChI=1S/C13H23NO2/c1-9(2)14-7-13-6-12(11(5)16-13)8-15-10(3)4/h6,9-10,14H,7-8H2,1-5H3. The molecule has 0 amide bonds. The fourth-order valence-electron chi connectivity index (χ4n) is 1.38. The number of rotatable bonds is 6. The molecular weight excluding hydrogens is 202 g/mol. The highest BCUT2D eigenvalue weighted by molar-refractivity contribution is 5.19. The van der Waals surface area contributed by atoms with Crippen LogP contribution < -0.4 is 5.32 Å². The number of hydrogen-bond acceptors (Lipinski definition) is 3. The predicted molar refractivity (Wildman–Crippen MR) is 65.3 cm³/mol. The van der Waals surface area contributed by atoms with E-state index in [1.54, 1.807) is 0 Å². The Morgan fingerprint density at radius 1 is 1.31 bits per heavy atom. The highest BCUT2D eigenvalue weighted by atomic mass is 16.5. The highest BCUT2D eigenvalue weighted by Crippen LogP contribution is 2.16. The van der Waals surface area contributed by atoms with Gasteiger partial charge in [0.2, 0.25) is 0 Å². The number of furan rings is 1. The van der Waals surface area contributed by atoms with Crippen molar-refractivity contribution < 1.29 is 9.15 Å². The zero-order valence-electron chi connectivity index (χ0n) is 11.0. The van der Waals surface area contributed by atoms with Crippen molar-refractivity contribution in [3.63, 3.8) is 0 Å².